The summed E-state index contributed by atoms with van der Waals surface area (Å²) in [5, 5.41) is 4.28. The minimum atomic E-state index is 0.701. The van der Waals surface area contributed by atoms with Gasteiger partial charge in [-0.1, -0.05) is 25.1 Å². The van der Waals surface area contributed by atoms with Crippen molar-refractivity contribution < 1.29 is 0 Å². The summed E-state index contributed by atoms with van der Waals surface area (Å²) in [6.07, 6.45) is 5.72. The average Bonchev–Trinajstić information content (AvgIpc) is 2.75. The number of rotatable bonds is 1. The van der Waals surface area contributed by atoms with E-state index in [1.165, 1.54) is 41.6 Å². The molecule has 0 amide bonds. The van der Waals surface area contributed by atoms with Gasteiger partial charge in [0.15, 0.2) is 0 Å². The molecule has 2 heteroatoms. The second-order valence-electron chi connectivity index (χ2n) is 5.01. The topological polar surface area (TPSA) is 17.8 Å². The molecule has 1 atom stereocenters. The molecule has 2 nitrogen and oxygen atoms in total. The fourth-order valence-corrected chi connectivity index (χ4v) is 2.96. The van der Waals surface area contributed by atoms with Gasteiger partial charge in [-0.25, -0.2) is 0 Å². The molecule has 0 spiro atoms. The second-order valence-corrected chi connectivity index (χ2v) is 5.01. The van der Waals surface area contributed by atoms with E-state index in [0.29, 0.717) is 5.92 Å². The van der Waals surface area contributed by atoms with Gasteiger partial charge in [0.05, 0.1) is 5.69 Å². The molecule has 0 saturated carbocycles. The highest BCUT2D eigenvalue weighted by Gasteiger charge is 2.20. The van der Waals surface area contributed by atoms with E-state index in [1.807, 2.05) is 17.9 Å². The lowest BCUT2D eigenvalue weighted by atomic mass is 9.81. The van der Waals surface area contributed by atoms with Crippen molar-refractivity contribution in [2.24, 2.45) is 7.05 Å². The standard InChI is InChI=1S/C15H18N2/c1-11-5-3-7-13-12(11)6-4-8-14(13)15-9-10-16-17(15)2/h4,6,8-11H,3,5,7H2,1-2H3. The van der Waals surface area contributed by atoms with E-state index < -0.39 is 0 Å². The van der Waals surface area contributed by atoms with Crippen LogP contribution in [-0.2, 0) is 13.5 Å². The lowest BCUT2D eigenvalue weighted by molar-refractivity contribution is 0.590. The van der Waals surface area contributed by atoms with Gasteiger partial charge < -0.3 is 0 Å². The minimum Gasteiger partial charge on any atom is -0.268 e. The normalized spacial score (nSPS) is 19.1. The zero-order valence-corrected chi connectivity index (χ0v) is 10.5. The molecule has 0 N–H and O–H groups in total. The summed E-state index contributed by atoms with van der Waals surface area (Å²) < 4.78 is 1.97. The molecule has 2 aromatic rings. The van der Waals surface area contributed by atoms with Crippen LogP contribution in [0.1, 0.15) is 36.8 Å². The minimum absolute atomic E-state index is 0.701. The number of aryl methyl sites for hydroxylation is 1. The van der Waals surface area contributed by atoms with Crippen LogP contribution in [0, 0.1) is 0 Å². The van der Waals surface area contributed by atoms with Crippen LogP contribution in [-0.4, -0.2) is 9.78 Å². The highest BCUT2D eigenvalue weighted by molar-refractivity contribution is 5.66. The molecule has 1 unspecified atom stereocenters. The molecule has 0 saturated heterocycles. The van der Waals surface area contributed by atoms with Crippen molar-refractivity contribution in [3.63, 3.8) is 0 Å². The van der Waals surface area contributed by atoms with Crippen LogP contribution in [0.15, 0.2) is 30.5 Å². The van der Waals surface area contributed by atoms with Crippen molar-refractivity contribution in [3.05, 3.63) is 41.6 Å². The Hall–Kier alpha value is -1.57. The SMILES string of the molecule is CC1CCCc2c(-c3ccnn3C)cccc21. The highest BCUT2D eigenvalue weighted by Crippen LogP contribution is 2.36. The van der Waals surface area contributed by atoms with Gasteiger partial charge in [-0.15, -0.1) is 0 Å². The van der Waals surface area contributed by atoms with Crippen molar-refractivity contribution in [2.45, 2.75) is 32.1 Å². The molecule has 1 aromatic heterocycles. The highest BCUT2D eigenvalue weighted by atomic mass is 15.3. The first-order valence-corrected chi connectivity index (χ1v) is 6.37. The largest absolute Gasteiger partial charge is 0.268 e. The van der Waals surface area contributed by atoms with Gasteiger partial charge in [0, 0.05) is 18.8 Å². The Labute approximate surface area is 102 Å². The van der Waals surface area contributed by atoms with Crippen molar-refractivity contribution in [2.75, 3.05) is 0 Å². The smallest absolute Gasteiger partial charge is 0.0681 e. The summed E-state index contributed by atoms with van der Waals surface area (Å²) in [6, 6.07) is 8.81. The Morgan fingerprint density at radius 2 is 2.18 bits per heavy atom. The van der Waals surface area contributed by atoms with Gasteiger partial charge in [0.2, 0.25) is 0 Å². The predicted octanol–water partition coefficient (Wildman–Crippen LogP) is 3.53. The lowest BCUT2D eigenvalue weighted by Gasteiger charge is -2.24. The van der Waals surface area contributed by atoms with Gasteiger partial charge in [-0.05, 0) is 42.4 Å². The summed E-state index contributed by atoms with van der Waals surface area (Å²) >= 11 is 0. The van der Waals surface area contributed by atoms with Crippen LogP contribution < -0.4 is 0 Å². The molecule has 1 aliphatic carbocycles. The molecule has 3 rings (SSSR count). The molecule has 1 heterocycles. The fourth-order valence-electron chi connectivity index (χ4n) is 2.96. The summed E-state index contributed by atoms with van der Waals surface area (Å²) in [5.74, 6) is 0.701. The Balaban J connectivity index is 2.19. The number of hydrogen-bond donors (Lipinski definition) is 0. The Bertz CT molecular complexity index is 540. The number of benzene rings is 1. The van der Waals surface area contributed by atoms with E-state index >= 15 is 0 Å². The second kappa shape index (κ2) is 4.02. The molecule has 0 bridgehead atoms. The van der Waals surface area contributed by atoms with Crippen LogP contribution in [0.2, 0.25) is 0 Å². The maximum absolute atomic E-state index is 4.28. The summed E-state index contributed by atoms with van der Waals surface area (Å²) in [5.41, 5.74) is 5.68. The predicted molar refractivity (Wildman–Crippen MR) is 70.0 cm³/mol. The molecule has 0 fully saturated rings. The number of fused-ring (bicyclic) bond motifs is 1. The molecule has 0 aliphatic heterocycles. The first-order chi connectivity index (χ1) is 8.27. The lowest BCUT2D eigenvalue weighted by Crippen LogP contribution is -2.09. The van der Waals surface area contributed by atoms with Crippen LogP contribution in [0.5, 0.6) is 0 Å². The van der Waals surface area contributed by atoms with Gasteiger partial charge in [-0.3, -0.25) is 4.68 Å². The molecule has 1 aliphatic rings. The first kappa shape index (κ1) is 10.6. The van der Waals surface area contributed by atoms with Crippen molar-refractivity contribution in [1.29, 1.82) is 0 Å². The Morgan fingerprint density at radius 1 is 1.29 bits per heavy atom. The molecular formula is C15H18N2. The zero-order chi connectivity index (χ0) is 11.8. The van der Waals surface area contributed by atoms with E-state index in [2.05, 4.69) is 36.3 Å². The van der Waals surface area contributed by atoms with E-state index in [-0.39, 0.29) is 0 Å². The molecular weight excluding hydrogens is 208 g/mol. The van der Waals surface area contributed by atoms with Crippen molar-refractivity contribution in [3.8, 4) is 11.3 Å². The van der Waals surface area contributed by atoms with Crippen LogP contribution >= 0.6 is 0 Å². The summed E-state index contributed by atoms with van der Waals surface area (Å²) in [4.78, 5) is 0. The number of nitrogens with zero attached hydrogens (tertiary/aromatic N) is 2. The third kappa shape index (κ3) is 1.68. The molecule has 88 valence electrons. The zero-order valence-electron chi connectivity index (χ0n) is 10.5. The monoisotopic (exact) mass is 226 g/mol. The van der Waals surface area contributed by atoms with Gasteiger partial charge >= 0.3 is 0 Å². The third-order valence-electron chi connectivity index (χ3n) is 3.90. The molecule has 1 aromatic carbocycles. The van der Waals surface area contributed by atoms with Crippen LogP contribution in [0.25, 0.3) is 11.3 Å². The third-order valence-corrected chi connectivity index (χ3v) is 3.90. The first-order valence-electron chi connectivity index (χ1n) is 6.37. The fraction of sp³-hybridized carbons (Fsp3) is 0.400. The average molecular weight is 226 g/mol. The van der Waals surface area contributed by atoms with E-state index in [0.717, 1.165) is 0 Å². The molecule has 17 heavy (non-hydrogen) atoms. The summed E-state index contributed by atoms with van der Waals surface area (Å²) in [6.45, 7) is 2.34. The maximum atomic E-state index is 4.28. The Morgan fingerprint density at radius 3 is 2.94 bits per heavy atom. The van der Waals surface area contributed by atoms with Crippen LogP contribution in [0.3, 0.4) is 0 Å². The summed E-state index contributed by atoms with van der Waals surface area (Å²) in [7, 11) is 2.01. The number of aromatic nitrogens is 2. The van der Waals surface area contributed by atoms with E-state index in [9.17, 15) is 0 Å². The maximum Gasteiger partial charge on any atom is 0.0681 e. The van der Waals surface area contributed by atoms with E-state index in [1.54, 1.807) is 0 Å². The van der Waals surface area contributed by atoms with E-state index in [4.69, 9.17) is 0 Å². The van der Waals surface area contributed by atoms with Crippen molar-refractivity contribution >= 4 is 0 Å². The molecule has 0 radical (unpaired) electrons. The van der Waals surface area contributed by atoms with Crippen LogP contribution in [0.4, 0.5) is 0 Å². The number of hydrogen-bond acceptors (Lipinski definition) is 1. The van der Waals surface area contributed by atoms with Gasteiger partial charge in [0.25, 0.3) is 0 Å². The van der Waals surface area contributed by atoms with Crippen molar-refractivity contribution in [1.82, 2.24) is 9.78 Å². The van der Waals surface area contributed by atoms with Gasteiger partial charge in [-0.2, -0.15) is 5.10 Å². The quantitative estimate of drug-likeness (QED) is 0.727. The van der Waals surface area contributed by atoms with Gasteiger partial charge in [0.1, 0.15) is 0 Å². The Kier molecular flexibility index (Phi) is 2.50.